The van der Waals surface area contributed by atoms with Gasteiger partial charge in [-0.05, 0) is 17.9 Å². The Morgan fingerprint density at radius 3 is 2.43 bits per heavy atom. The molecule has 1 unspecified atom stereocenters. The van der Waals surface area contributed by atoms with E-state index in [2.05, 4.69) is 41.5 Å². The van der Waals surface area contributed by atoms with E-state index in [0.29, 0.717) is 5.56 Å². The average molecular weight is 322 g/mol. The Morgan fingerprint density at radius 1 is 1.09 bits per heavy atom. The summed E-state index contributed by atoms with van der Waals surface area (Å²) in [7, 11) is 1.75. The minimum absolute atomic E-state index is 0.0475. The van der Waals surface area contributed by atoms with Crippen molar-refractivity contribution in [2.24, 2.45) is 4.99 Å². The highest BCUT2D eigenvalue weighted by Gasteiger charge is 2.28. The normalized spacial score (nSPS) is 19.1. The summed E-state index contributed by atoms with van der Waals surface area (Å²) >= 11 is 1.45. The van der Waals surface area contributed by atoms with Crippen LogP contribution in [0.1, 0.15) is 27.5 Å². The zero-order chi connectivity index (χ0) is 16.2. The van der Waals surface area contributed by atoms with E-state index in [-0.39, 0.29) is 11.8 Å². The number of carbonyl (C=O) groups is 1. The number of hydrogen-bond donors (Lipinski definition) is 1. The number of benzene rings is 2. The van der Waals surface area contributed by atoms with Crippen LogP contribution in [0.3, 0.4) is 0 Å². The van der Waals surface area contributed by atoms with Gasteiger partial charge in [-0.3, -0.25) is 9.79 Å². The van der Waals surface area contributed by atoms with Gasteiger partial charge in [-0.2, -0.15) is 0 Å². The van der Waals surface area contributed by atoms with Gasteiger partial charge in [0.05, 0.1) is 6.04 Å². The van der Waals surface area contributed by atoms with Crippen LogP contribution in [0.4, 0.5) is 0 Å². The molecular formula is C19H18N2OS. The fourth-order valence-corrected chi connectivity index (χ4v) is 3.28. The van der Waals surface area contributed by atoms with Crippen LogP contribution in [0.2, 0.25) is 0 Å². The first-order valence-corrected chi connectivity index (χ1v) is 8.33. The van der Waals surface area contributed by atoms with Gasteiger partial charge in [0.15, 0.2) is 11.0 Å². The molecule has 0 saturated heterocycles. The molecule has 0 saturated carbocycles. The van der Waals surface area contributed by atoms with Gasteiger partial charge >= 0.3 is 0 Å². The third-order valence-corrected chi connectivity index (χ3v) is 4.68. The highest BCUT2D eigenvalue weighted by molar-refractivity contribution is 8.16. The molecule has 2 aromatic carbocycles. The second-order valence-electron chi connectivity index (χ2n) is 5.40. The van der Waals surface area contributed by atoms with Crippen LogP contribution in [0.5, 0.6) is 0 Å². The molecule has 1 heterocycles. The summed E-state index contributed by atoms with van der Waals surface area (Å²) < 4.78 is 0. The van der Waals surface area contributed by atoms with Gasteiger partial charge in [-0.1, -0.05) is 71.9 Å². The van der Waals surface area contributed by atoms with Crippen LogP contribution in [0.15, 0.2) is 70.6 Å². The minimum Gasteiger partial charge on any atom is -0.354 e. The molecule has 2 aromatic rings. The quantitative estimate of drug-likeness (QED) is 0.864. The number of Topliss-reactive ketones (excluding diaryl/α,β-unsaturated/α-hetero) is 1. The number of carbonyl (C=O) groups excluding carboxylic acids is 1. The lowest BCUT2D eigenvalue weighted by Gasteiger charge is -2.26. The van der Waals surface area contributed by atoms with Crippen molar-refractivity contribution in [3.05, 3.63) is 82.3 Å². The maximum Gasteiger partial charge on any atom is 0.191 e. The highest BCUT2D eigenvalue weighted by atomic mass is 32.2. The molecule has 0 amide bonds. The Labute approximate surface area is 140 Å². The number of ketones is 1. The van der Waals surface area contributed by atoms with E-state index >= 15 is 0 Å². The van der Waals surface area contributed by atoms with Crippen molar-refractivity contribution in [3.63, 3.8) is 0 Å². The summed E-state index contributed by atoms with van der Waals surface area (Å²) in [5.74, 6) is 0.0475. The molecule has 0 aromatic heterocycles. The molecule has 4 heteroatoms. The van der Waals surface area contributed by atoms with Crippen LogP contribution in [0, 0.1) is 6.92 Å². The molecule has 1 N–H and O–H groups in total. The minimum atomic E-state index is -0.178. The predicted octanol–water partition coefficient (Wildman–Crippen LogP) is 4.13. The summed E-state index contributed by atoms with van der Waals surface area (Å²) in [5, 5.41) is 6.10. The van der Waals surface area contributed by atoms with Crippen molar-refractivity contribution >= 4 is 22.7 Å². The van der Waals surface area contributed by atoms with Crippen molar-refractivity contribution in [3.8, 4) is 0 Å². The summed E-state index contributed by atoms with van der Waals surface area (Å²) in [6.45, 7) is 2.05. The number of nitrogens with one attached hydrogen (secondary N) is 1. The van der Waals surface area contributed by atoms with E-state index in [1.54, 1.807) is 7.05 Å². The van der Waals surface area contributed by atoms with Crippen LogP contribution in [-0.2, 0) is 0 Å². The monoisotopic (exact) mass is 322 g/mol. The van der Waals surface area contributed by atoms with Gasteiger partial charge in [0, 0.05) is 18.2 Å². The molecule has 0 radical (unpaired) electrons. The van der Waals surface area contributed by atoms with E-state index in [1.807, 2.05) is 35.7 Å². The zero-order valence-electron chi connectivity index (χ0n) is 13.1. The molecule has 116 valence electrons. The van der Waals surface area contributed by atoms with Gasteiger partial charge in [-0.15, -0.1) is 0 Å². The third-order valence-electron chi connectivity index (χ3n) is 3.79. The second-order valence-corrected chi connectivity index (χ2v) is 6.26. The number of aliphatic imine (C=N–C) groups is 1. The van der Waals surface area contributed by atoms with E-state index in [1.165, 1.54) is 17.3 Å². The molecule has 0 spiro atoms. The molecule has 1 atom stereocenters. The van der Waals surface area contributed by atoms with Crippen LogP contribution >= 0.6 is 11.8 Å². The number of amidine groups is 1. The molecule has 3 nitrogen and oxygen atoms in total. The largest absolute Gasteiger partial charge is 0.354 e. The number of aryl methyl sites for hydroxylation is 1. The number of thioether (sulfide) groups is 1. The maximum absolute atomic E-state index is 12.9. The lowest BCUT2D eigenvalue weighted by atomic mass is 9.93. The zero-order valence-corrected chi connectivity index (χ0v) is 13.9. The van der Waals surface area contributed by atoms with Crippen LogP contribution in [-0.4, -0.2) is 18.0 Å². The lowest BCUT2D eigenvalue weighted by molar-refractivity contribution is 0.102. The van der Waals surface area contributed by atoms with Crippen molar-refractivity contribution in [1.29, 1.82) is 0 Å². The molecule has 3 rings (SSSR count). The Kier molecular flexibility index (Phi) is 4.63. The predicted molar refractivity (Wildman–Crippen MR) is 96.9 cm³/mol. The lowest BCUT2D eigenvalue weighted by Crippen LogP contribution is -2.33. The highest BCUT2D eigenvalue weighted by Crippen LogP contribution is 2.32. The van der Waals surface area contributed by atoms with Gasteiger partial charge in [0.2, 0.25) is 0 Å². The van der Waals surface area contributed by atoms with Crippen LogP contribution in [0.25, 0.3) is 0 Å². The molecular weight excluding hydrogens is 304 g/mol. The smallest absolute Gasteiger partial charge is 0.191 e. The fraction of sp³-hybridized carbons (Fsp3) is 0.158. The molecule has 0 fully saturated rings. The number of nitrogens with zero attached hydrogens (tertiary/aromatic N) is 1. The molecule has 1 aliphatic heterocycles. The average Bonchev–Trinajstić information content (AvgIpc) is 2.62. The van der Waals surface area contributed by atoms with E-state index in [4.69, 9.17) is 0 Å². The maximum atomic E-state index is 12.9. The van der Waals surface area contributed by atoms with Gasteiger partial charge in [0.1, 0.15) is 0 Å². The summed E-state index contributed by atoms with van der Waals surface area (Å²) in [4.78, 5) is 17.1. The van der Waals surface area contributed by atoms with Gasteiger partial charge < -0.3 is 5.32 Å². The Hall–Kier alpha value is -2.33. The first-order valence-electron chi connectivity index (χ1n) is 7.45. The van der Waals surface area contributed by atoms with Gasteiger partial charge in [0.25, 0.3) is 0 Å². The standard InChI is InChI=1S/C19H18N2OS/c1-13-8-10-14(11-9-13)17-16(12-23-19(20-2)21-17)18(22)15-6-4-3-5-7-15/h3-12,17H,1-2H3,(H,20,21). The molecule has 1 aliphatic rings. The Morgan fingerprint density at radius 2 is 1.78 bits per heavy atom. The van der Waals surface area contributed by atoms with Crippen molar-refractivity contribution in [1.82, 2.24) is 5.32 Å². The van der Waals surface area contributed by atoms with Crippen LogP contribution < -0.4 is 5.32 Å². The van der Waals surface area contributed by atoms with E-state index < -0.39 is 0 Å². The van der Waals surface area contributed by atoms with Crippen molar-refractivity contribution < 1.29 is 4.79 Å². The summed E-state index contributed by atoms with van der Waals surface area (Å²) in [6, 6.07) is 17.4. The van der Waals surface area contributed by atoms with Crippen molar-refractivity contribution in [2.75, 3.05) is 7.05 Å². The summed E-state index contributed by atoms with van der Waals surface area (Å²) in [6.07, 6.45) is 0. The van der Waals surface area contributed by atoms with Gasteiger partial charge in [-0.25, -0.2) is 0 Å². The van der Waals surface area contributed by atoms with Crippen molar-refractivity contribution in [2.45, 2.75) is 13.0 Å². The number of hydrogen-bond acceptors (Lipinski definition) is 3. The third kappa shape index (κ3) is 3.37. The molecule has 0 aliphatic carbocycles. The Bertz CT molecular complexity index is 764. The first kappa shape index (κ1) is 15.6. The van der Waals surface area contributed by atoms with E-state index in [0.717, 1.165) is 16.3 Å². The Balaban J connectivity index is 2.00. The number of rotatable bonds is 3. The fourth-order valence-electron chi connectivity index (χ4n) is 2.50. The first-order chi connectivity index (χ1) is 11.2. The second kappa shape index (κ2) is 6.84. The topological polar surface area (TPSA) is 41.5 Å². The molecule has 23 heavy (non-hydrogen) atoms. The molecule has 0 bridgehead atoms. The summed E-state index contributed by atoms with van der Waals surface area (Å²) in [5.41, 5.74) is 3.71. The SMILES string of the molecule is CN=C1NC(c2ccc(C)cc2)C(C(=O)c2ccccc2)=CS1. The van der Waals surface area contributed by atoms with E-state index in [9.17, 15) is 4.79 Å².